The summed E-state index contributed by atoms with van der Waals surface area (Å²) in [4.78, 5) is 4.40. The van der Waals surface area contributed by atoms with Gasteiger partial charge in [0.25, 0.3) is 0 Å². The van der Waals surface area contributed by atoms with Crippen LogP contribution in [0.3, 0.4) is 0 Å². The standard InChI is InChI=1S/C14H18N2O2S/c1-11(2)16-10-15-8-13(16)9-19(17,18)14-6-4-5-12(3)7-14/h4-8,10-11H,9H2,1-3H3. The van der Waals surface area contributed by atoms with Crippen LogP contribution >= 0.6 is 0 Å². The topological polar surface area (TPSA) is 52.0 Å². The van der Waals surface area contributed by atoms with Gasteiger partial charge >= 0.3 is 0 Å². The minimum Gasteiger partial charge on any atom is -0.331 e. The summed E-state index contributed by atoms with van der Waals surface area (Å²) < 4.78 is 26.7. The molecule has 0 spiro atoms. The summed E-state index contributed by atoms with van der Waals surface area (Å²) in [5, 5.41) is 0. The molecule has 0 aliphatic rings. The fourth-order valence-corrected chi connectivity index (χ4v) is 3.43. The predicted molar refractivity (Wildman–Crippen MR) is 74.7 cm³/mol. The normalized spacial score (nSPS) is 12.0. The number of hydrogen-bond acceptors (Lipinski definition) is 3. The van der Waals surface area contributed by atoms with Crippen LogP contribution in [0.1, 0.15) is 31.1 Å². The van der Waals surface area contributed by atoms with Gasteiger partial charge in [-0.3, -0.25) is 0 Å². The monoisotopic (exact) mass is 278 g/mol. The van der Waals surface area contributed by atoms with E-state index in [1.54, 1.807) is 30.7 Å². The van der Waals surface area contributed by atoms with Crippen LogP contribution in [0.4, 0.5) is 0 Å². The molecule has 0 atom stereocenters. The summed E-state index contributed by atoms with van der Waals surface area (Å²) in [6, 6.07) is 7.19. The zero-order valence-electron chi connectivity index (χ0n) is 11.4. The Labute approximate surface area is 114 Å². The van der Waals surface area contributed by atoms with Crippen LogP contribution in [0.2, 0.25) is 0 Å². The molecule has 0 aliphatic heterocycles. The first kappa shape index (κ1) is 13.8. The fourth-order valence-electron chi connectivity index (χ4n) is 2.00. The van der Waals surface area contributed by atoms with E-state index in [9.17, 15) is 8.42 Å². The van der Waals surface area contributed by atoms with Gasteiger partial charge in [0.2, 0.25) is 0 Å². The lowest BCUT2D eigenvalue weighted by Gasteiger charge is -2.12. The largest absolute Gasteiger partial charge is 0.331 e. The summed E-state index contributed by atoms with van der Waals surface area (Å²) in [6.45, 7) is 5.90. The maximum absolute atomic E-state index is 12.4. The lowest BCUT2D eigenvalue weighted by molar-refractivity contribution is 0.570. The van der Waals surface area contributed by atoms with Crippen LogP contribution in [0.15, 0.2) is 41.7 Å². The summed E-state index contributed by atoms with van der Waals surface area (Å²) in [5.41, 5.74) is 1.66. The van der Waals surface area contributed by atoms with Gasteiger partial charge < -0.3 is 4.57 Å². The van der Waals surface area contributed by atoms with E-state index in [0.29, 0.717) is 4.90 Å². The molecule has 0 bridgehead atoms. The van der Waals surface area contributed by atoms with Gasteiger partial charge in [0, 0.05) is 12.2 Å². The Morgan fingerprint density at radius 3 is 2.68 bits per heavy atom. The first-order valence-electron chi connectivity index (χ1n) is 6.20. The Bertz CT molecular complexity index is 672. The van der Waals surface area contributed by atoms with Crippen LogP contribution in [0, 0.1) is 6.92 Å². The van der Waals surface area contributed by atoms with Crippen LogP contribution in [0.25, 0.3) is 0 Å². The zero-order valence-corrected chi connectivity index (χ0v) is 12.2. The second-order valence-corrected chi connectivity index (χ2v) is 6.95. The molecule has 4 nitrogen and oxygen atoms in total. The van der Waals surface area contributed by atoms with Crippen molar-refractivity contribution in [3.63, 3.8) is 0 Å². The van der Waals surface area contributed by atoms with Gasteiger partial charge in [-0.15, -0.1) is 0 Å². The lowest BCUT2D eigenvalue weighted by atomic mass is 10.2. The number of aryl methyl sites for hydroxylation is 1. The zero-order chi connectivity index (χ0) is 14.0. The van der Waals surface area contributed by atoms with E-state index in [4.69, 9.17) is 0 Å². The number of rotatable bonds is 4. The van der Waals surface area contributed by atoms with Crippen molar-refractivity contribution >= 4 is 9.84 Å². The van der Waals surface area contributed by atoms with E-state index in [1.165, 1.54) is 0 Å². The van der Waals surface area contributed by atoms with E-state index < -0.39 is 9.84 Å². The van der Waals surface area contributed by atoms with Crippen molar-refractivity contribution in [1.29, 1.82) is 0 Å². The van der Waals surface area contributed by atoms with Gasteiger partial charge in [-0.1, -0.05) is 12.1 Å². The Hall–Kier alpha value is -1.62. The van der Waals surface area contributed by atoms with E-state index in [1.807, 2.05) is 31.4 Å². The second kappa shape index (κ2) is 5.17. The molecule has 5 heteroatoms. The predicted octanol–water partition coefficient (Wildman–Crippen LogP) is 2.75. The van der Waals surface area contributed by atoms with Crippen molar-refractivity contribution in [2.45, 2.75) is 37.5 Å². The molecule has 0 amide bonds. The Balaban J connectivity index is 2.34. The third-order valence-corrected chi connectivity index (χ3v) is 4.64. The summed E-state index contributed by atoms with van der Waals surface area (Å²) in [5.74, 6) is -0.0192. The van der Waals surface area contributed by atoms with Crippen LogP contribution in [-0.4, -0.2) is 18.0 Å². The van der Waals surface area contributed by atoms with Gasteiger partial charge in [-0.05, 0) is 38.5 Å². The quantitative estimate of drug-likeness (QED) is 0.864. The highest BCUT2D eigenvalue weighted by Crippen LogP contribution is 2.19. The molecule has 0 fully saturated rings. The van der Waals surface area contributed by atoms with Crippen molar-refractivity contribution in [2.75, 3.05) is 0 Å². The highest BCUT2D eigenvalue weighted by molar-refractivity contribution is 7.90. The molecule has 1 aromatic heterocycles. The van der Waals surface area contributed by atoms with Crippen LogP contribution < -0.4 is 0 Å². The molecule has 0 saturated carbocycles. The maximum atomic E-state index is 12.4. The highest BCUT2D eigenvalue weighted by Gasteiger charge is 2.18. The maximum Gasteiger partial charge on any atom is 0.184 e. The number of nitrogens with zero attached hydrogens (tertiary/aromatic N) is 2. The molecular weight excluding hydrogens is 260 g/mol. The number of benzene rings is 1. The van der Waals surface area contributed by atoms with Gasteiger partial charge in [-0.2, -0.15) is 0 Å². The molecule has 102 valence electrons. The smallest absolute Gasteiger partial charge is 0.184 e. The van der Waals surface area contributed by atoms with E-state index in [0.717, 1.165) is 11.3 Å². The van der Waals surface area contributed by atoms with Gasteiger partial charge in [-0.25, -0.2) is 13.4 Å². The first-order valence-corrected chi connectivity index (χ1v) is 7.85. The summed E-state index contributed by atoms with van der Waals surface area (Å²) in [6.07, 6.45) is 3.29. The molecule has 0 unspecified atom stereocenters. The molecule has 19 heavy (non-hydrogen) atoms. The van der Waals surface area contributed by atoms with E-state index in [2.05, 4.69) is 4.98 Å². The molecule has 0 saturated heterocycles. The molecule has 0 aliphatic carbocycles. The van der Waals surface area contributed by atoms with Crippen molar-refractivity contribution in [3.8, 4) is 0 Å². The molecular formula is C14H18N2O2S. The lowest BCUT2D eigenvalue weighted by Crippen LogP contribution is -2.11. The second-order valence-electron chi connectivity index (χ2n) is 4.96. The van der Waals surface area contributed by atoms with Crippen molar-refractivity contribution in [1.82, 2.24) is 9.55 Å². The van der Waals surface area contributed by atoms with E-state index in [-0.39, 0.29) is 11.8 Å². The minimum absolute atomic E-state index is 0.0192. The van der Waals surface area contributed by atoms with Gasteiger partial charge in [0.05, 0.1) is 22.7 Å². The third-order valence-electron chi connectivity index (χ3n) is 2.99. The number of hydrogen-bond donors (Lipinski definition) is 0. The van der Waals surface area contributed by atoms with Gasteiger partial charge in [0.15, 0.2) is 9.84 Å². The Kier molecular flexibility index (Phi) is 3.75. The molecule has 1 aromatic carbocycles. The highest BCUT2D eigenvalue weighted by atomic mass is 32.2. The Morgan fingerprint density at radius 2 is 2.05 bits per heavy atom. The molecule has 0 radical (unpaired) electrons. The number of sulfone groups is 1. The Morgan fingerprint density at radius 1 is 1.32 bits per heavy atom. The number of aromatic nitrogens is 2. The fraction of sp³-hybridized carbons (Fsp3) is 0.357. The average molecular weight is 278 g/mol. The summed E-state index contributed by atoms with van der Waals surface area (Å²) >= 11 is 0. The first-order chi connectivity index (χ1) is 8.90. The molecule has 0 N–H and O–H groups in total. The van der Waals surface area contributed by atoms with Gasteiger partial charge in [0.1, 0.15) is 0 Å². The van der Waals surface area contributed by atoms with Crippen LogP contribution in [-0.2, 0) is 15.6 Å². The van der Waals surface area contributed by atoms with Crippen molar-refractivity contribution < 1.29 is 8.42 Å². The third kappa shape index (κ3) is 3.04. The SMILES string of the molecule is Cc1cccc(S(=O)(=O)Cc2cncn2C(C)C)c1. The molecule has 2 aromatic rings. The van der Waals surface area contributed by atoms with Crippen molar-refractivity contribution in [2.24, 2.45) is 0 Å². The van der Waals surface area contributed by atoms with Crippen molar-refractivity contribution in [3.05, 3.63) is 48.0 Å². The average Bonchev–Trinajstić information content (AvgIpc) is 2.76. The minimum atomic E-state index is -3.32. The van der Waals surface area contributed by atoms with Crippen LogP contribution in [0.5, 0.6) is 0 Å². The molecule has 1 heterocycles. The summed E-state index contributed by atoms with van der Waals surface area (Å²) in [7, 11) is -3.32. The van der Waals surface area contributed by atoms with E-state index >= 15 is 0 Å². The molecule has 2 rings (SSSR count). The number of imidazole rings is 1.